The molecule has 0 bridgehead atoms. The third-order valence-electron chi connectivity index (χ3n) is 3.12. The van der Waals surface area contributed by atoms with Crippen molar-refractivity contribution < 1.29 is 8.42 Å². The normalized spacial score (nSPS) is 13.1. The zero-order valence-corrected chi connectivity index (χ0v) is 12.1. The van der Waals surface area contributed by atoms with E-state index in [2.05, 4.69) is 4.72 Å². The largest absolute Gasteiger partial charge is 0.329 e. The molecule has 3 N–H and O–H groups in total. The van der Waals surface area contributed by atoms with Gasteiger partial charge in [-0.25, -0.2) is 13.1 Å². The topological polar surface area (TPSA) is 72.2 Å². The minimum atomic E-state index is -3.58. The Balaban J connectivity index is 2.30. The summed E-state index contributed by atoms with van der Waals surface area (Å²) in [5.74, 6) is 0. The molecule has 20 heavy (non-hydrogen) atoms. The van der Waals surface area contributed by atoms with Crippen LogP contribution >= 0.6 is 0 Å². The molecular formula is C15H18N2O2S. The molecule has 4 nitrogen and oxygen atoms in total. The molecule has 0 aliphatic rings. The van der Waals surface area contributed by atoms with E-state index in [1.54, 1.807) is 25.1 Å². The van der Waals surface area contributed by atoms with Gasteiger partial charge in [-0.2, -0.15) is 0 Å². The number of aryl methyl sites for hydroxylation is 1. The van der Waals surface area contributed by atoms with Crippen LogP contribution in [-0.2, 0) is 10.0 Å². The molecule has 0 aliphatic heterocycles. The molecule has 0 amide bonds. The van der Waals surface area contributed by atoms with Gasteiger partial charge in [0.25, 0.3) is 0 Å². The van der Waals surface area contributed by atoms with E-state index in [0.29, 0.717) is 5.56 Å². The van der Waals surface area contributed by atoms with Gasteiger partial charge in [0, 0.05) is 6.54 Å². The summed E-state index contributed by atoms with van der Waals surface area (Å²) in [6.45, 7) is 1.98. The van der Waals surface area contributed by atoms with Crippen molar-refractivity contribution in [2.24, 2.45) is 5.73 Å². The lowest BCUT2D eigenvalue weighted by Gasteiger charge is -2.18. The van der Waals surface area contributed by atoms with E-state index in [1.165, 1.54) is 0 Å². The van der Waals surface area contributed by atoms with Crippen LogP contribution in [0.5, 0.6) is 0 Å². The first-order valence-electron chi connectivity index (χ1n) is 6.37. The average Bonchev–Trinajstić information content (AvgIpc) is 2.46. The van der Waals surface area contributed by atoms with Crippen LogP contribution in [0.2, 0.25) is 0 Å². The van der Waals surface area contributed by atoms with E-state index < -0.39 is 16.1 Å². The number of hydrogen-bond donors (Lipinski definition) is 2. The lowest BCUT2D eigenvalue weighted by molar-refractivity contribution is 0.558. The molecule has 0 fully saturated rings. The first kappa shape index (κ1) is 14.7. The molecule has 0 spiro atoms. The molecule has 2 rings (SSSR count). The summed E-state index contributed by atoms with van der Waals surface area (Å²) < 4.78 is 27.5. The van der Waals surface area contributed by atoms with E-state index in [0.717, 1.165) is 5.56 Å². The highest BCUT2D eigenvalue weighted by molar-refractivity contribution is 7.89. The molecule has 0 radical (unpaired) electrons. The fourth-order valence-corrected chi connectivity index (χ4v) is 3.53. The van der Waals surface area contributed by atoms with Crippen LogP contribution in [0.1, 0.15) is 17.2 Å². The van der Waals surface area contributed by atoms with Gasteiger partial charge in [-0.1, -0.05) is 48.5 Å². The van der Waals surface area contributed by atoms with E-state index in [-0.39, 0.29) is 11.4 Å². The van der Waals surface area contributed by atoms with Gasteiger partial charge in [-0.05, 0) is 24.1 Å². The van der Waals surface area contributed by atoms with Crippen molar-refractivity contribution in [1.29, 1.82) is 0 Å². The summed E-state index contributed by atoms with van der Waals surface area (Å²) in [4.78, 5) is 0.286. The molecule has 0 aromatic heterocycles. The summed E-state index contributed by atoms with van der Waals surface area (Å²) in [5.41, 5.74) is 7.27. The Hall–Kier alpha value is -1.69. The maximum Gasteiger partial charge on any atom is 0.241 e. The Labute approximate surface area is 119 Å². The molecular weight excluding hydrogens is 272 g/mol. The van der Waals surface area contributed by atoms with Crippen molar-refractivity contribution >= 4 is 10.0 Å². The van der Waals surface area contributed by atoms with Crippen LogP contribution < -0.4 is 10.5 Å². The molecule has 0 saturated heterocycles. The van der Waals surface area contributed by atoms with E-state index >= 15 is 0 Å². The lowest BCUT2D eigenvalue weighted by atomic mass is 10.1. The predicted octanol–water partition coefficient (Wildman–Crippen LogP) is 1.97. The summed E-state index contributed by atoms with van der Waals surface area (Å²) >= 11 is 0. The predicted molar refractivity (Wildman–Crippen MR) is 79.7 cm³/mol. The van der Waals surface area contributed by atoms with E-state index in [1.807, 2.05) is 36.4 Å². The van der Waals surface area contributed by atoms with Crippen LogP contribution in [0, 0.1) is 6.92 Å². The van der Waals surface area contributed by atoms with Gasteiger partial charge in [-0.3, -0.25) is 0 Å². The van der Waals surface area contributed by atoms with Gasteiger partial charge in [0.1, 0.15) is 0 Å². The van der Waals surface area contributed by atoms with Gasteiger partial charge in [0.15, 0.2) is 0 Å². The minimum absolute atomic E-state index is 0.203. The number of nitrogens with one attached hydrogen (secondary N) is 1. The second kappa shape index (κ2) is 6.17. The molecule has 2 aromatic rings. The first-order valence-corrected chi connectivity index (χ1v) is 7.86. The molecule has 0 aliphatic carbocycles. The molecule has 0 saturated carbocycles. The molecule has 1 unspecified atom stereocenters. The van der Waals surface area contributed by atoms with Crippen LogP contribution in [0.4, 0.5) is 0 Å². The maximum absolute atomic E-state index is 12.4. The van der Waals surface area contributed by atoms with Crippen LogP contribution in [-0.4, -0.2) is 15.0 Å². The van der Waals surface area contributed by atoms with Gasteiger partial charge in [0.05, 0.1) is 10.9 Å². The Morgan fingerprint density at radius 3 is 2.25 bits per heavy atom. The van der Waals surface area contributed by atoms with Crippen molar-refractivity contribution in [2.75, 3.05) is 6.54 Å². The second-order valence-electron chi connectivity index (χ2n) is 4.59. The number of sulfonamides is 1. The molecule has 0 heterocycles. The standard InChI is InChI=1S/C15H18N2O2S/c1-12-7-5-6-10-15(12)20(18,19)17-14(11-16)13-8-3-2-4-9-13/h2-10,14,17H,11,16H2,1H3. The molecule has 106 valence electrons. The third kappa shape index (κ3) is 3.25. The molecule has 2 aromatic carbocycles. The summed E-state index contributed by atoms with van der Waals surface area (Å²) in [5, 5.41) is 0. The van der Waals surface area contributed by atoms with Gasteiger partial charge < -0.3 is 5.73 Å². The summed E-state index contributed by atoms with van der Waals surface area (Å²) in [6, 6.07) is 15.8. The van der Waals surface area contributed by atoms with Crippen molar-refractivity contribution in [1.82, 2.24) is 4.72 Å². The van der Waals surface area contributed by atoms with Crippen molar-refractivity contribution in [2.45, 2.75) is 17.9 Å². The Morgan fingerprint density at radius 2 is 1.65 bits per heavy atom. The Morgan fingerprint density at radius 1 is 1.05 bits per heavy atom. The zero-order valence-electron chi connectivity index (χ0n) is 11.3. The SMILES string of the molecule is Cc1ccccc1S(=O)(=O)NC(CN)c1ccccc1. The fourth-order valence-electron chi connectivity index (χ4n) is 2.05. The average molecular weight is 290 g/mol. The number of benzene rings is 2. The highest BCUT2D eigenvalue weighted by Crippen LogP contribution is 2.18. The first-order chi connectivity index (χ1) is 9.54. The highest BCUT2D eigenvalue weighted by atomic mass is 32.2. The van der Waals surface area contributed by atoms with E-state index in [4.69, 9.17) is 5.73 Å². The molecule has 1 atom stereocenters. The number of hydrogen-bond acceptors (Lipinski definition) is 3. The fraction of sp³-hybridized carbons (Fsp3) is 0.200. The van der Waals surface area contributed by atoms with Crippen molar-refractivity contribution in [3.63, 3.8) is 0 Å². The van der Waals surface area contributed by atoms with Crippen LogP contribution in [0.25, 0.3) is 0 Å². The summed E-state index contributed by atoms with van der Waals surface area (Å²) in [7, 11) is -3.58. The molecule has 5 heteroatoms. The van der Waals surface area contributed by atoms with Crippen LogP contribution in [0.15, 0.2) is 59.5 Å². The van der Waals surface area contributed by atoms with Crippen LogP contribution in [0.3, 0.4) is 0 Å². The van der Waals surface area contributed by atoms with Crippen molar-refractivity contribution in [3.05, 3.63) is 65.7 Å². The number of nitrogens with two attached hydrogens (primary N) is 1. The van der Waals surface area contributed by atoms with Gasteiger partial charge in [0.2, 0.25) is 10.0 Å². The number of rotatable bonds is 5. The minimum Gasteiger partial charge on any atom is -0.329 e. The maximum atomic E-state index is 12.4. The lowest BCUT2D eigenvalue weighted by Crippen LogP contribution is -2.33. The van der Waals surface area contributed by atoms with E-state index in [9.17, 15) is 8.42 Å². The van der Waals surface area contributed by atoms with Gasteiger partial charge >= 0.3 is 0 Å². The Kier molecular flexibility index (Phi) is 4.54. The summed E-state index contributed by atoms with van der Waals surface area (Å²) in [6.07, 6.45) is 0. The Bertz CT molecular complexity index is 669. The van der Waals surface area contributed by atoms with Crippen molar-refractivity contribution in [3.8, 4) is 0 Å². The monoisotopic (exact) mass is 290 g/mol. The third-order valence-corrected chi connectivity index (χ3v) is 4.75. The zero-order chi connectivity index (χ0) is 14.6. The smallest absolute Gasteiger partial charge is 0.241 e. The highest BCUT2D eigenvalue weighted by Gasteiger charge is 2.21. The second-order valence-corrected chi connectivity index (χ2v) is 6.27. The van der Waals surface area contributed by atoms with Gasteiger partial charge in [-0.15, -0.1) is 0 Å². The quantitative estimate of drug-likeness (QED) is 0.884.